The number of amides is 2. The lowest BCUT2D eigenvalue weighted by Gasteiger charge is -2.43. The second-order valence-corrected chi connectivity index (χ2v) is 9.39. The van der Waals surface area contributed by atoms with Gasteiger partial charge in [-0.2, -0.15) is 8.78 Å². The normalized spacial score (nSPS) is 17.9. The lowest BCUT2D eigenvalue weighted by Crippen LogP contribution is -2.53. The number of pyridine rings is 2. The Bertz CT molecular complexity index is 1070. The van der Waals surface area contributed by atoms with Crippen molar-refractivity contribution in [2.75, 3.05) is 51.3 Å². The lowest BCUT2D eigenvalue weighted by molar-refractivity contribution is -0.137. The number of ether oxygens (including phenoxy) is 2. The van der Waals surface area contributed by atoms with Crippen LogP contribution in [0, 0.1) is 5.41 Å². The van der Waals surface area contributed by atoms with Gasteiger partial charge in [0.05, 0.1) is 19.6 Å². The number of nitrogens with one attached hydrogen (secondary N) is 1. The van der Waals surface area contributed by atoms with Crippen LogP contribution in [0.1, 0.15) is 24.1 Å². The fourth-order valence-electron chi connectivity index (χ4n) is 4.62. The summed E-state index contributed by atoms with van der Waals surface area (Å²) < 4.78 is 32.4. The highest BCUT2D eigenvalue weighted by Gasteiger charge is 2.43. The van der Waals surface area contributed by atoms with Crippen molar-refractivity contribution in [1.82, 2.24) is 19.8 Å². The van der Waals surface area contributed by atoms with Gasteiger partial charge in [0.1, 0.15) is 5.82 Å². The highest BCUT2D eigenvalue weighted by molar-refractivity contribution is 5.77. The third kappa shape index (κ3) is 7.25. The molecule has 10 nitrogen and oxygen atoms in total. The van der Waals surface area contributed by atoms with Crippen LogP contribution in [-0.4, -0.2) is 89.4 Å². The zero-order valence-corrected chi connectivity index (χ0v) is 20.4. The molecule has 37 heavy (non-hydrogen) atoms. The van der Waals surface area contributed by atoms with Gasteiger partial charge in [0.2, 0.25) is 5.88 Å². The summed E-state index contributed by atoms with van der Waals surface area (Å²) in [5.74, 6) is 0.0564. The number of halogens is 2. The second kappa shape index (κ2) is 12.1. The van der Waals surface area contributed by atoms with E-state index in [0.29, 0.717) is 32.8 Å². The Hall–Kier alpha value is -3.54. The molecular weight excluding hydrogens is 488 g/mol. The molecule has 200 valence electrons. The maximum absolute atomic E-state index is 12.6. The Morgan fingerprint density at radius 2 is 2.03 bits per heavy atom. The molecule has 0 radical (unpaired) electrons. The molecule has 2 aromatic heterocycles. The Balaban J connectivity index is 0.000000270. The molecule has 2 N–H and O–H groups in total. The second-order valence-electron chi connectivity index (χ2n) is 9.39. The molecule has 0 saturated carbocycles. The van der Waals surface area contributed by atoms with E-state index in [1.54, 1.807) is 17.0 Å². The van der Waals surface area contributed by atoms with Crippen LogP contribution in [0.25, 0.3) is 0 Å². The summed E-state index contributed by atoms with van der Waals surface area (Å²) >= 11 is 0. The first kappa shape index (κ1) is 26.5. The zero-order chi connectivity index (χ0) is 26.3. The van der Waals surface area contributed by atoms with E-state index in [1.165, 1.54) is 17.8 Å². The summed E-state index contributed by atoms with van der Waals surface area (Å²) in [4.78, 5) is 35.1. The molecule has 2 saturated heterocycles. The third-order valence-electron chi connectivity index (χ3n) is 6.47. The highest BCUT2D eigenvalue weighted by atomic mass is 19.3. The smallest absolute Gasteiger partial charge is 0.388 e. The first-order valence-corrected chi connectivity index (χ1v) is 12.3. The van der Waals surface area contributed by atoms with E-state index in [0.717, 1.165) is 37.3 Å². The fraction of sp³-hybridized carbons (Fsp3) is 0.520. The van der Waals surface area contributed by atoms with Gasteiger partial charge >= 0.3 is 18.6 Å². The average Bonchev–Trinajstić information content (AvgIpc) is 3.20. The number of hydrogen-bond donors (Lipinski definition) is 2. The minimum atomic E-state index is -2.80. The molecule has 0 aromatic carbocycles. The van der Waals surface area contributed by atoms with Crippen molar-refractivity contribution >= 4 is 17.8 Å². The van der Waals surface area contributed by atoms with E-state index >= 15 is 0 Å². The SMILES string of the molecule is FC(F)Oc1ccccn1.O=C(O)CCN1CCN(CC2(Cc3ccc4c(n3)NCCC4)COC2)C1=O. The van der Waals surface area contributed by atoms with Gasteiger partial charge in [-0.3, -0.25) is 4.79 Å². The first-order chi connectivity index (χ1) is 17.8. The van der Waals surface area contributed by atoms with E-state index in [2.05, 4.69) is 27.2 Å². The number of nitrogens with zero attached hydrogens (tertiary/aromatic N) is 4. The van der Waals surface area contributed by atoms with E-state index < -0.39 is 12.6 Å². The van der Waals surface area contributed by atoms with Gasteiger partial charge < -0.3 is 29.7 Å². The Labute approximate surface area is 213 Å². The topological polar surface area (TPSA) is 117 Å². The number of carboxylic acids is 1. The molecule has 0 bridgehead atoms. The van der Waals surface area contributed by atoms with Crippen molar-refractivity contribution in [1.29, 1.82) is 0 Å². The quantitative estimate of drug-likeness (QED) is 0.520. The number of aryl methyl sites for hydroxylation is 1. The minimum absolute atomic E-state index is 0.0140. The Morgan fingerprint density at radius 3 is 2.70 bits per heavy atom. The van der Waals surface area contributed by atoms with Gasteiger partial charge in [-0.15, -0.1) is 0 Å². The number of hydrogen-bond acceptors (Lipinski definition) is 7. The summed E-state index contributed by atoms with van der Waals surface area (Å²) in [7, 11) is 0. The molecule has 2 aromatic rings. The molecule has 5 rings (SSSR count). The summed E-state index contributed by atoms with van der Waals surface area (Å²) in [6.45, 7) is 1.54. The van der Waals surface area contributed by atoms with E-state index in [4.69, 9.17) is 14.8 Å². The number of aliphatic carboxylic acids is 1. The van der Waals surface area contributed by atoms with Gasteiger partial charge in [-0.05, 0) is 30.5 Å². The summed E-state index contributed by atoms with van der Waals surface area (Å²) in [5.41, 5.74) is 2.20. The van der Waals surface area contributed by atoms with Crippen molar-refractivity contribution < 1.29 is 33.0 Å². The van der Waals surface area contributed by atoms with Crippen LogP contribution in [0.5, 0.6) is 5.88 Å². The van der Waals surface area contributed by atoms with E-state index in [-0.39, 0.29) is 30.3 Å². The number of rotatable bonds is 9. The third-order valence-corrected chi connectivity index (χ3v) is 6.47. The number of carboxylic acid groups (broad SMARTS) is 1. The predicted molar refractivity (Wildman–Crippen MR) is 130 cm³/mol. The number of alkyl halides is 2. The predicted octanol–water partition coefficient (Wildman–Crippen LogP) is 2.89. The van der Waals surface area contributed by atoms with E-state index in [9.17, 15) is 18.4 Å². The zero-order valence-electron chi connectivity index (χ0n) is 20.4. The monoisotopic (exact) mass is 519 g/mol. The van der Waals surface area contributed by atoms with Gasteiger partial charge in [0.25, 0.3) is 0 Å². The van der Waals surface area contributed by atoms with Gasteiger partial charge in [0.15, 0.2) is 0 Å². The van der Waals surface area contributed by atoms with Crippen molar-refractivity contribution in [2.24, 2.45) is 5.41 Å². The number of fused-ring (bicyclic) bond motifs is 1. The average molecular weight is 520 g/mol. The van der Waals surface area contributed by atoms with Crippen LogP contribution < -0.4 is 10.1 Å². The van der Waals surface area contributed by atoms with Gasteiger partial charge in [-0.1, -0.05) is 12.1 Å². The molecule has 0 unspecified atom stereocenters. The molecule has 0 atom stereocenters. The minimum Gasteiger partial charge on any atom is -0.481 e. The van der Waals surface area contributed by atoms with Gasteiger partial charge in [0, 0.05) is 62.5 Å². The number of aromatic nitrogens is 2. The van der Waals surface area contributed by atoms with Crippen LogP contribution in [0.4, 0.5) is 19.4 Å². The van der Waals surface area contributed by atoms with Crippen molar-refractivity contribution in [2.45, 2.75) is 32.3 Å². The number of urea groups is 1. The highest BCUT2D eigenvalue weighted by Crippen LogP contribution is 2.34. The number of anilines is 1. The maximum Gasteiger partial charge on any atom is 0.388 e. The van der Waals surface area contributed by atoms with Crippen LogP contribution >= 0.6 is 0 Å². The molecular formula is C25H31F2N5O5. The van der Waals surface area contributed by atoms with Crippen LogP contribution in [0.15, 0.2) is 36.5 Å². The molecule has 2 amide bonds. The van der Waals surface area contributed by atoms with Crippen LogP contribution in [-0.2, 0) is 22.4 Å². The molecule has 3 aliphatic rings. The molecule has 0 aliphatic carbocycles. The number of carbonyl (C=O) groups excluding carboxylic acids is 1. The summed E-state index contributed by atoms with van der Waals surface area (Å²) in [6.07, 6.45) is 4.36. The lowest BCUT2D eigenvalue weighted by atomic mass is 9.80. The van der Waals surface area contributed by atoms with Crippen molar-refractivity contribution in [3.05, 3.63) is 47.8 Å². The number of carbonyl (C=O) groups is 2. The first-order valence-electron chi connectivity index (χ1n) is 12.3. The van der Waals surface area contributed by atoms with Crippen molar-refractivity contribution in [3.63, 3.8) is 0 Å². The maximum atomic E-state index is 12.6. The molecule has 0 spiro atoms. The summed E-state index contributed by atoms with van der Waals surface area (Å²) in [6, 6.07) is 8.75. The molecule has 12 heteroatoms. The fourth-order valence-corrected chi connectivity index (χ4v) is 4.62. The van der Waals surface area contributed by atoms with Crippen molar-refractivity contribution in [3.8, 4) is 5.88 Å². The largest absolute Gasteiger partial charge is 0.481 e. The molecule has 2 fully saturated rings. The molecule has 3 aliphatic heterocycles. The standard InChI is InChI=1S/C19H26N4O4.C6H5F2NO/c24-16(25)5-7-22-8-9-23(18(22)26)11-19(12-27-13-19)10-15-4-3-14-2-1-6-20-17(14)21-15;7-6(8)10-5-3-1-2-4-9-5/h3-4H,1-2,5-13H2,(H,20,21)(H,24,25);1-4,6H. The van der Waals surface area contributed by atoms with Gasteiger partial charge in [-0.25, -0.2) is 14.8 Å². The Morgan fingerprint density at radius 1 is 1.22 bits per heavy atom. The Kier molecular flexibility index (Phi) is 8.70. The molecule has 5 heterocycles. The van der Waals surface area contributed by atoms with Crippen LogP contribution in [0.3, 0.4) is 0 Å². The van der Waals surface area contributed by atoms with E-state index in [1.807, 2.05) is 4.90 Å². The summed E-state index contributed by atoms with van der Waals surface area (Å²) in [5, 5.41) is 12.2. The van der Waals surface area contributed by atoms with Crippen LogP contribution in [0.2, 0.25) is 0 Å².